The minimum atomic E-state index is -0.988. The van der Waals surface area contributed by atoms with Crippen molar-refractivity contribution in [3.8, 4) is 11.3 Å². The summed E-state index contributed by atoms with van der Waals surface area (Å²) in [6, 6.07) is 23.2. The SMILES string of the molecule is [B]C([B])(c1ccnc(-c2cc3c(cc2C)c2cccc4c5c6ccccc6oc5n3c24)c1)C(C)(C)C. The molecule has 0 saturated heterocycles. The van der Waals surface area contributed by atoms with Gasteiger partial charge in [0.2, 0.25) is 5.71 Å². The van der Waals surface area contributed by atoms with Gasteiger partial charge in [-0.05, 0) is 48.2 Å². The summed E-state index contributed by atoms with van der Waals surface area (Å²) in [4.78, 5) is 4.73. The molecule has 4 aromatic heterocycles. The van der Waals surface area contributed by atoms with E-state index in [0.717, 1.165) is 50.0 Å². The molecule has 5 heteroatoms. The Kier molecular flexibility index (Phi) is 4.16. The third kappa shape index (κ3) is 2.69. The molecule has 170 valence electrons. The van der Waals surface area contributed by atoms with E-state index < -0.39 is 5.21 Å². The second-order valence-corrected chi connectivity index (χ2v) is 11.0. The number of furan rings is 1. The van der Waals surface area contributed by atoms with Crippen molar-refractivity contribution in [3.63, 3.8) is 0 Å². The molecule has 4 heterocycles. The Morgan fingerprint density at radius 1 is 0.833 bits per heavy atom. The van der Waals surface area contributed by atoms with Crippen LogP contribution in [0.2, 0.25) is 0 Å². The standard InChI is InChI=1S/C31H24B2N2O/c1-17-14-23-19-9-7-10-21-27-20-8-5-6-11-26(20)36-29(27)35(28(19)21)25(23)16-22(17)24-15-18(12-13-34-24)31(32,33)30(2,3)4/h5-16H,1-4H3. The molecule has 0 fully saturated rings. The number of rotatable bonds is 2. The summed E-state index contributed by atoms with van der Waals surface area (Å²) < 4.78 is 8.71. The number of aryl methyl sites for hydroxylation is 1. The molecule has 0 aliphatic carbocycles. The third-order valence-corrected chi connectivity index (χ3v) is 7.94. The highest BCUT2D eigenvalue weighted by molar-refractivity contribution is 6.40. The van der Waals surface area contributed by atoms with E-state index in [9.17, 15) is 0 Å². The molecule has 3 aromatic carbocycles. The average molecular weight is 462 g/mol. The fourth-order valence-electron chi connectivity index (χ4n) is 5.63. The van der Waals surface area contributed by atoms with E-state index in [2.05, 4.69) is 74.6 Å². The smallest absolute Gasteiger partial charge is 0.213 e. The first-order valence-corrected chi connectivity index (χ1v) is 12.3. The molecule has 0 unspecified atom stereocenters. The van der Waals surface area contributed by atoms with Crippen molar-refractivity contribution in [1.29, 1.82) is 0 Å². The Morgan fingerprint density at radius 3 is 2.39 bits per heavy atom. The summed E-state index contributed by atoms with van der Waals surface area (Å²) in [5, 5.41) is 4.96. The second-order valence-electron chi connectivity index (χ2n) is 11.0. The molecule has 0 N–H and O–H groups in total. The van der Waals surface area contributed by atoms with Crippen LogP contribution in [0.3, 0.4) is 0 Å². The van der Waals surface area contributed by atoms with Crippen molar-refractivity contribution >= 4 is 65.0 Å². The normalized spacial score (nSPS) is 13.2. The van der Waals surface area contributed by atoms with Gasteiger partial charge in [-0.3, -0.25) is 9.38 Å². The highest BCUT2D eigenvalue weighted by Gasteiger charge is 2.33. The van der Waals surface area contributed by atoms with Crippen molar-refractivity contribution in [2.75, 3.05) is 0 Å². The maximum Gasteiger partial charge on any atom is 0.213 e. The zero-order valence-corrected chi connectivity index (χ0v) is 20.9. The van der Waals surface area contributed by atoms with Gasteiger partial charge in [0.25, 0.3) is 0 Å². The zero-order valence-electron chi connectivity index (χ0n) is 20.9. The van der Waals surface area contributed by atoms with Crippen LogP contribution in [0.5, 0.6) is 0 Å². The van der Waals surface area contributed by atoms with Gasteiger partial charge in [-0.25, -0.2) is 0 Å². The van der Waals surface area contributed by atoms with Crippen molar-refractivity contribution in [2.45, 2.75) is 32.9 Å². The Balaban J connectivity index is 1.56. The van der Waals surface area contributed by atoms with Crippen LogP contribution in [0.4, 0.5) is 0 Å². The van der Waals surface area contributed by atoms with Gasteiger partial charge in [-0.15, -0.1) is 0 Å². The monoisotopic (exact) mass is 462 g/mol. The minimum absolute atomic E-state index is 0.316. The van der Waals surface area contributed by atoms with Gasteiger partial charge < -0.3 is 4.42 Å². The molecule has 0 aliphatic rings. The lowest BCUT2D eigenvalue weighted by atomic mass is 9.41. The predicted octanol–water partition coefficient (Wildman–Crippen LogP) is 7.49. The number of benzene rings is 3. The first-order valence-electron chi connectivity index (χ1n) is 12.3. The molecule has 36 heavy (non-hydrogen) atoms. The summed E-state index contributed by atoms with van der Waals surface area (Å²) in [5.74, 6) is 0. The molecule has 0 saturated carbocycles. The van der Waals surface area contributed by atoms with E-state index >= 15 is 0 Å². The Morgan fingerprint density at radius 2 is 1.58 bits per heavy atom. The van der Waals surface area contributed by atoms with Crippen molar-refractivity contribution in [1.82, 2.24) is 9.38 Å². The van der Waals surface area contributed by atoms with Gasteiger partial charge >= 0.3 is 0 Å². The maximum atomic E-state index is 6.62. The molecular weight excluding hydrogens is 438 g/mol. The molecular formula is C31H24B2N2O. The van der Waals surface area contributed by atoms with E-state index in [1.54, 1.807) is 6.20 Å². The lowest BCUT2D eigenvalue weighted by Gasteiger charge is -2.40. The number of fused-ring (bicyclic) bond motifs is 8. The molecule has 0 spiro atoms. The molecule has 0 bridgehead atoms. The Labute approximate surface area is 212 Å². The van der Waals surface area contributed by atoms with E-state index in [-0.39, 0.29) is 5.41 Å². The van der Waals surface area contributed by atoms with Crippen LogP contribution in [0.25, 0.3) is 60.5 Å². The fourth-order valence-corrected chi connectivity index (χ4v) is 5.63. The molecule has 0 aliphatic heterocycles. The summed E-state index contributed by atoms with van der Waals surface area (Å²) >= 11 is 0. The molecule has 7 rings (SSSR count). The molecule has 4 radical (unpaired) electrons. The number of hydrogen-bond acceptors (Lipinski definition) is 2. The van der Waals surface area contributed by atoms with E-state index in [1.165, 1.54) is 21.7 Å². The minimum Gasteiger partial charge on any atom is -0.439 e. The number of aromatic nitrogens is 2. The zero-order chi connectivity index (χ0) is 25.0. The van der Waals surface area contributed by atoms with Gasteiger partial charge in [0.15, 0.2) is 0 Å². The Bertz CT molecular complexity index is 1970. The molecule has 0 amide bonds. The van der Waals surface area contributed by atoms with Gasteiger partial charge in [0.1, 0.15) is 5.58 Å². The average Bonchev–Trinajstić information content (AvgIpc) is 3.48. The molecule has 0 atom stereocenters. The van der Waals surface area contributed by atoms with Crippen LogP contribution < -0.4 is 0 Å². The van der Waals surface area contributed by atoms with Crippen molar-refractivity contribution in [3.05, 3.63) is 84.1 Å². The van der Waals surface area contributed by atoms with Crippen LogP contribution in [0, 0.1) is 12.3 Å². The summed E-state index contributed by atoms with van der Waals surface area (Å²) in [7, 11) is 13.2. The lowest BCUT2D eigenvalue weighted by molar-refractivity contribution is 0.358. The largest absolute Gasteiger partial charge is 0.439 e. The second kappa shape index (κ2) is 6.94. The van der Waals surface area contributed by atoms with Crippen molar-refractivity contribution < 1.29 is 4.42 Å². The first-order chi connectivity index (χ1) is 17.2. The number of nitrogens with zero attached hydrogens (tertiary/aromatic N) is 2. The van der Waals surface area contributed by atoms with Crippen molar-refractivity contribution in [2.24, 2.45) is 5.41 Å². The van der Waals surface area contributed by atoms with Gasteiger partial charge in [-0.2, -0.15) is 0 Å². The quantitative estimate of drug-likeness (QED) is 0.249. The van der Waals surface area contributed by atoms with E-state index in [4.69, 9.17) is 25.1 Å². The first kappa shape index (κ1) is 21.6. The summed E-state index contributed by atoms with van der Waals surface area (Å²) in [5.41, 5.74) is 7.69. The van der Waals surface area contributed by atoms with E-state index in [0.29, 0.717) is 0 Å². The summed E-state index contributed by atoms with van der Waals surface area (Å²) in [6.07, 6.45) is 1.80. The van der Waals surface area contributed by atoms with Crippen LogP contribution in [-0.4, -0.2) is 25.1 Å². The van der Waals surface area contributed by atoms with E-state index in [1.807, 2.05) is 24.3 Å². The van der Waals surface area contributed by atoms with Crippen LogP contribution in [0.1, 0.15) is 31.9 Å². The van der Waals surface area contributed by atoms with Gasteiger partial charge in [0, 0.05) is 33.3 Å². The predicted molar refractivity (Wildman–Crippen MR) is 151 cm³/mol. The summed E-state index contributed by atoms with van der Waals surface area (Å²) in [6.45, 7) is 8.30. The number of para-hydroxylation sites is 2. The lowest BCUT2D eigenvalue weighted by Crippen LogP contribution is -2.41. The Hall–Kier alpha value is -3.72. The number of hydrogen-bond donors (Lipinski definition) is 0. The third-order valence-electron chi connectivity index (χ3n) is 7.94. The molecule has 7 aromatic rings. The van der Waals surface area contributed by atoms with Crippen LogP contribution >= 0.6 is 0 Å². The topological polar surface area (TPSA) is 30.4 Å². The van der Waals surface area contributed by atoms with Crippen LogP contribution in [0.15, 0.2) is 77.3 Å². The highest BCUT2D eigenvalue weighted by atomic mass is 16.3. The van der Waals surface area contributed by atoms with Crippen LogP contribution in [-0.2, 0) is 5.21 Å². The van der Waals surface area contributed by atoms with Gasteiger partial charge in [0.05, 0.1) is 37.8 Å². The molecule has 3 nitrogen and oxygen atoms in total. The highest BCUT2D eigenvalue weighted by Crippen LogP contribution is 2.44. The fraction of sp³-hybridized carbons (Fsp3) is 0.194. The van der Waals surface area contributed by atoms with Gasteiger partial charge in [-0.1, -0.05) is 67.9 Å². The number of pyridine rings is 1. The maximum absolute atomic E-state index is 6.62.